The Hall–Kier alpha value is -0.790. The number of hydrogen-bond donors (Lipinski definition) is 4. The van der Waals surface area contributed by atoms with Crippen molar-refractivity contribution in [2.24, 2.45) is 5.92 Å². The van der Waals surface area contributed by atoms with Gasteiger partial charge in [0.1, 0.15) is 6.54 Å². The van der Waals surface area contributed by atoms with Crippen molar-refractivity contribution in [2.75, 3.05) is 19.3 Å². The van der Waals surface area contributed by atoms with Crippen LogP contribution in [0.25, 0.3) is 0 Å². The summed E-state index contributed by atoms with van der Waals surface area (Å²) >= 11 is 0. The largest absolute Gasteiger partial charge is 0.396 e. The first-order chi connectivity index (χ1) is 7.17. The van der Waals surface area contributed by atoms with E-state index in [-0.39, 0.29) is 5.06 Å². The van der Waals surface area contributed by atoms with Crippen LogP contribution in [0, 0.1) is 5.92 Å². The molecule has 1 unspecified atom stereocenters. The van der Waals surface area contributed by atoms with Crippen LogP contribution >= 0.6 is 7.60 Å². The second kappa shape index (κ2) is 6.07. The van der Waals surface area contributed by atoms with Crippen LogP contribution in [0.5, 0.6) is 0 Å². The molecule has 4 N–H and O–H groups in total. The Morgan fingerprint density at radius 3 is 2.19 bits per heavy atom. The lowest BCUT2D eigenvalue weighted by atomic mass is 10.1. The summed E-state index contributed by atoms with van der Waals surface area (Å²) in [6, 6.07) is 0. The fourth-order valence-electron chi connectivity index (χ4n) is 0.937. The average Bonchev–Trinajstić information content (AvgIpc) is 2.12. The predicted octanol–water partition coefficient (Wildman–Crippen LogP) is -1.42. The highest BCUT2D eigenvalue weighted by atomic mass is 31.2. The first-order valence-corrected chi connectivity index (χ1v) is 6.12. The number of aliphatic hydroxyl groups excluding tert-OH is 1. The van der Waals surface area contributed by atoms with Crippen LogP contribution in [0.4, 0.5) is 0 Å². The molecule has 0 saturated heterocycles. The molecule has 9 heteroatoms. The molecule has 8 nitrogen and oxygen atoms in total. The smallest absolute Gasteiger partial charge is 0.326 e. The van der Waals surface area contributed by atoms with Gasteiger partial charge in [0.05, 0.1) is 18.7 Å². The zero-order chi connectivity index (χ0) is 12.9. The molecule has 0 saturated carbocycles. The average molecular weight is 255 g/mol. The van der Waals surface area contributed by atoms with E-state index in [1.807, 2.05) is 0 Å². The van der Waals surface area contributed by atoms with Crippen molar-refractivity contribution in [3.05, 3.63) is 0 Å². The van der Waals surface area contributed by atoms with Crippen molar-refractivity contribution in [3.63, 3.8) is 0 Å². The molecule has 1 amide bonds. The topological polar surface area (TPSA) is 135 Å². The molecular weight excluding hydrogens is 241 g/mol. The number of carbonyl (C=O) groups excluding carboxylic acids is 2. The summed E-state index contributed by atoms with van der Waals surface area (Å²) in [4.78, 5) is 39.1. The van der Waals surface area contributed by atoms with E-state index in [9.17, 15) is 14.2 Å². The van der Waals surface area contributed by atoms with Crippen molar-refractivity contribution in [2.45, 2.75) is 6.92 Å². The Bertz CT molecular complexity index is 312. The van der Waals surface area contributed by atoms with E-state index in [1.165, 1.54) is 0 Å². The number of carbonyl (C=O) groups is 2. The maximum atomic E-state index is 11.3. The van der Waals surface area contributed by atoms with Gasteiger partial charge in [-0.25, -0.2) is 5.06 Å². The van der Waals surface area contributed by atoms with Gasteiger partial charge in [-0.2, -0.15) is 0 Å². The van der Waals surface area contributed by atoms with E-state index in [1.54, 1.807) is 0 Å². The number of hydrogen-bond acceptors (Lipinski definition) is 5. The van der Waals surface area contributed by atoms with E-state index in [2.05, 4.69) is 0 Å². The van der Waals surface area contributed by atoms with E-state index in [0.717, 1.165) is 6.92 Å². The number of Topliss-reactive ketones (excluding diaryl/α,β-unsaturated/α-hetero) is 1. The summed E-state index contributed by atoms with van der Waals surface area (Å²) in [5, 5.41) is 17.8. The molecule has 0 aromatic heterocycles. The van der Waals surface area contributed by atoms with Crippen molar-refractivity contribution >= 4 is 19.3 Å². The van der Waals surface area contributed by atoms with Gasteiger partial charge in [0.25, 0.3) is 0 Å². The number of rotatable bonds is 6. The van der Waals surface area contributed by atoms with Crippen LogP contribution < -0.4 is 0 Å². The highest BCUT2D eigenvalue weighted by Gasteiger charge is 2.28. The van der Waals surface area contributed by atoms with Gasteiger partial charge in [-0.3, -0.25) is 19.4 Å². The van der Waals surface area contributed by atoms with Crippen molar-refractivity contribution < 1.29 is 34.3 Å². The summed E-state index contributed by atoms with van der Waals surface area (Å²) in [7, 11) is -4.43. The second-order valence-electron chi connectivity index (χ2n) is 3.27. The minimum atomic E-state index is -4.43. The normalized spacial score (nSPS) is 13.3. The molecule has 0 aliphatic heterocycles. The maximum Gasteiger partial charge on any atom is 0.326 e. The molecule has 0 radical (unpaired) electrons. The van der Waals surface area contributed by atoms with Gasteiger partial charge in [-0.15, -0.1) is 0 Å². The van der Waals surface area contributed by atoms with Crippen LogP contribution in [-0.4, -0.2) is 56.2 Å². The summed E-state index contributed by atoms with van der Waals surface area (Å²) in [5.41, 5.74) is 0. The summed E-state index contributed by atoms with van der Waals surface area (Å²) in [6.45, 7) is -0.444. The monoisotopic (exact) mass is 255 g/mol. The molecule has 0 aromatic rings. The molecular formula is C7H14NO7P. The molecule has 0 heterocycles. The summed E-state index contributed by atoms with van der Waals surface area (Å²) < 4.78 is 10.6. The lowest BCUT2D eigenvalue weighted by Crippen LogP contribution is -2.36. The van der Waals surface area contributed by atoms with E-state index >= 15 is 0 Å². The summed E-state index contributed by atoms with van der Waals surface area (Å²) in [5.74, 6) is -2.89. The van der Waals surface area contributed by atoms with Crippen LogP contribution in [-0.2, 0) is 14.2 Å². The Balaban J connectivity index is 4.44. The molecule has 1 atom stereocenters. The van der Waals surface area contributed by atoms with E-state index in [0.29, 0.717) is 0 Å². The first-order valence-electron chi connectivity index (χ1n) is 4.32. The number of amides is 1. The Labute approximate surface area is 91.6 Å². The molecule has 94 valence electrons. The molecule has 0 aromatic carbocycles. The van der Waals surface area contributed by atoms with Crippen LogP contribution in [0.3, 0.4) is 0 Å². The number of aliphatic hydroxyl groups is 1. The number of nitrogens with zero attached hydrogens (tertiary/aromatic N) is 1. The third-order valence-corrected chi connectivity index (χ3v) is 2.72. The number of hydroxylamine groups is 2. The molecule has 0 spiro atoms. The molecule has 0 bridgehead atoms. The highest BCUT2D eigenvalue weighted by molar-refractivity contribution is 7.51. The quantitative estimate of drug-likeness (QED) is 0.260. The highest BCUT2D eigenvalue weighted by Crippen LogP contribution is 2.36. The summed E-state index contributed by atoms with van der Waals surface area (Å²) in [6.07, 6.45) is -0.811. The standard InChI is InChI=1S/C7H14NO7P/c1-5(10)8(12)2-7(11)6(3-9)4-16(13,14)15/h6,9,12H,2-4H2,1H3,(H2,13,14,15). The zero-order valence-corrected chi connectivity index (χ0v) is 9.50. The van der Waals surface area contributed by atoms with Crippen LogP contribution in [0.1, 0.15) is 6.92 Å². The van der Waals surface area contributed by atoms with E-state index < -0.39 is 44.5 Å². The minimum absolute atomic E-state index is 0.116. The second-order valence-corrected chi connectivity index (χ2v) is 4.96. The number of ketones is 1. The van der Waals surface area contributed by atoms with Gasteiger partial charge in [-0.1, -0.05) is 0 Å². The molecule has 0 rings (SSSR count). The SMILES string of the molecule is CC(=O)N(O)CC(=O)C(CO)CP(=O)(O)O. The van der Waals surface area contributed by atoms with Crippen LogP contribution in [0.2, 0.25) is 0 Å². The fraction of sp³-hybridized carbons (Fsp3) is 0.714. The predicted molar refractivity (Wildman–Crippen MR) is 51.7 cm³/mol. The van der Waals surface area contributed by atoms with Gasteiger partial charge in [0.2, 0.25) is 5.91 Å². The van der Waals surface area contributed by atoms with Gasteiger partial charge in [-0.05, 0) is 0 Å². The molecule has 0 aliphatic rings. The Morgan fingerprint density at radius 2 is 1.88 bits per heavy atom. The maximum absolute atomic E-state index is 11.3. The third-order valence-electron chi connectivity index (χ3n) is 1.80. The zero-order valence-electron chi connectivity index (χ0n) is 8.61. The van der Waals surface area contributed by atoms with Crippen molar-refractivity contribution in [1.29, 1.82) is 0 Å². The molecule has 0 fully saturated rings. The van der Waals surface area contributed by atoms with Gasteiger partial charge < -0.3 is 14.9 Å². The van der Waals surface area contributed by atoms with Crippen molar-refractivity contribution in [1.82, 2.24) is 5.06 Å². The van der Waals surface area contributed by atoms with Gasteiger partial charge in [0.15, 0.2) is 5.78 Å². The minimum Gasteiger partial charge on any atom is -0.396 e. The van der Waals surface area contributed by atoms with Crippen LogP contribution in [0.15, 0.2) is 0 Å². The van der Waals surface area contributed by atoms with E-state index in [4.69, 9.17) is 20.1 Å². The fourth-order valence-corrected chi connectivity index (χ4v) is 1.83. The van der Waals surface area contributed by atoms with Gasteiger partial charge in [0, 0.05) is 6.92 Å². The first kappa shape index (κ1) is 15.2. The molecule has 0 aliphatic carbocycles. The third kappa shape index (κ3) is 5.94. The lowest BCUT2D eigenvalue weighted by molar-refractivity contribution is -0.166. The Morgan fingerprint density at radius 1 is 1.38 bits per heavy atom. The van der Waals surface area contributed by atoms with Gasteiger partial charge >= 0.3 is 7.60 Å². The molecule has 16 heavy (non-hydrogen) atoms. The lowest BCUT2D eigenvalue weighted by Gasteiger charge is -2.17. The Kier molecular flexibility index (Phi) is 5.77. The van der Waals surface area contributed by atoms with Crippen molar-refractivity contribution in [3.8, 4) is 0 Å².